The number of carbonyl (C=O) groups excluding carboxylic acids is 1. The number of carbonyl (C=O) groups is 1. The molecule has 5 rings (SSSR count). The van der Waals surface area contributed by atoms with Gasteiger partial charge in [-0.1, -0.05) is 0 Å². The highest BCUT2D eigenvalue weighted by atomic mass is 19.2. The van der Waals surface area contributed by atoms with Crippen LogP contribution in [-0.4, -0.2) is 38.7 Å². The van der Waals surface area contributed by atoms with Crippen LogP contribution in [0.5, 0.6) is 0 Å². The normalized spacial score (nSPS) is 17.8. The van der Waals surface area contributed by atoms with Gasteiger partial charge in [0.1, 0.15) is 0 Å². The molecule has 0 fully saturated rings. The van der Waals surface area contributed by atoms with Crippen molar-refractivity contribution in [2.75, 3.05) is 13.2 Å². The Morgan fingerprint density at radius 1 is 1.16 bits per heavy atom. The maximum absolute atomic E-state index is 13.8. The summed E-state index contributed by atoms with van der Waals surface area (Å²) in [4.78, 5) is 19.4. The van der Waals surface area contributed by atoms with E-state index in [4.69, 9.17) is 4.74 Å². The van der Waals surface area contributed by atoms with Gasteiger partial charge in [-0.15, -0.1) is 0 Å². The van der Waals surface area contributed by atoms with Crippen LogP contribution in [-0.2, 0) is 31.2 Å². The van der Waals surface area contributed by atoms with E-state index in [1.165, 1.54) is 4.68 Å². The SMILES string of the molecule is C[C@H]1c2nn(C)c(-c3cc(F)c(F)c(F)c3)c2CCN1C(=O)c1cnc2c(c1)COCC2. The van der Waals surface area contributed by atoms with Crippen LogP contribution in [0.15, 0.2) is 24.4 Å². The molecule has 4 heterocycles. The number of halogens is 3. The van der Waals surface area contributed by atoms with Crippen molar-refractivity contribution in [3.05, 3.63) is 69.9 Å². The predicted octanol–water partition coefficient (Wildman–Crippen LogP) is 3.73. The Kier molecular flexibility index (Phi) is 5.00. The maximum Gasteiger partial charge on any atom is 0.255 e. The van der Waals surface area contributed by atoms with E-state index in [2.05, 4.69) is 10.1 Å². The fourth-order valence-electron chi connectivity index (χ4n) is 4.60. The van der Waals surface area contributed by atoms with E-state index < -0.39 is 17.5 Å². The number of hydrogen-bond acceptors (Lipinski definition) is 4. The van der Waals surface area contributed by atoms with Gasteiger partial charge in [-0.3, -0.25) is 14.5 Å². The summed E-state index contributed by atoms with van der Waals surface area (Å²) in [5.41, 5.74) is 4.55. The third-order valence-electron chi connectivity index (χ3n) is 6.21. The summed E-state index contributed by atoms with van der Waals surface area (Å²) in [6.45, 7) is 3.35. The third kappa shape index (κ3) is 3.28. The quantitative estimate of drug-likeness (QED) is 0.568. The van der Waals surface area contributed by atoms with Crippen LogP contribution in [0.2, 0.25) is 0 Å². The molecular weight excluding hydrogens is 421 g/mol. The Morgan fingerprint density at radius 2 is 1.91 bits per heavy atom. The van der Waals surface area contributed by atoms with Crippen molar-refractivity contribution in [3.8, 4) is 11.3 Å². The zero-order chi connectivity index (χ0) is 22.6. The minimum atomic E-state index is -1.50. The van der Waals surface area contributed by atoms with Crippen molar-refractivity contribution in [2.24, 2.45) is 7.05 Å². The van der Waals surface area contributed by atoms with Crippen LogP contribution < -0.4 is 0 Å². The fourth-order valence-corrected chi connectivity index (χ4v) is 4.60. The molecule has 6 nitrogen and oxygen atoms in total. The van der Waals surface area contributed by atoms with Gasteiger partial charge in [-0.25, -0.2) is 13.2 Å². The molecule has 1 amide bonds. The third-order valence-corrected chi connectivity index (χ3v) is 6.21. The molecule has 2 aliphatic heterocycles. The molecular formula is C23H21F3N4O2. The van der Waals surface area contributed by atoms with Crippen molar-refractivity contribution in [3.63, 3.8) is 0 Å². The first-order valence-electron chi connectivity index (χ1n) is 10.4. The Bertz CT molecular complexity index is 1220. The number of benzene rings is 1. The first-order valence-corrected chi connectivity index (χ1v) is 10.4. The number of fused-ring (bicyclic) bond motifs is 2. The molecule has 3 aromatic rings. The smallest absolute Gasteiger partial charge is 0.255 e. The van der Waals surface area contributed by atoms with Crippen LogP contribution in [0.1, 0.15) is 45.8 Å². The maximum atomic E-state index is 13.8. The van der Waals surface area contributed by atoms with Gasteiger partial charge < -0.3 is 9.64 Å². The average molecular weight is 442 g/mol. The Morgan fingerprint density at radius 3 is 2.66 bits per heavy atom. The molecule has 0 N–H and O–H groups in total. The largest absolute Gasteiger partial charge is 0.376 e. The van der Waals surface area contributed by atoms with E-state index in [1.807, 2.05) is 13.0 Å². The number of rotatable bonds is 2. The van der Waals surface area contributed by atoms with E-state index in [1.54, 1.807) is 18.1 Å². The number of aryl methyl sites for hydroxylation is 1. The molecule has 0 bridgehead atoms. The summed E-state index contributed by atoms with van der Waals surface area (Å²) in [5, 5.41) is 4.54. The number of pyridine rings is 1. The summed E-state index contributed by atoms with van der Waals surface area (Å²) in [5.74, 6) is -4.16. The van der Waals surface area contributed by atoms with Gasteiger partial charge in [0.05, 0.1) is 36.2 Å². The van der Waals surface area contributed by atoms with Crippen molar-refractivity contribution >= 4 is 5.91 Å². The average Bonchev–Trinajstić information content (AvgIpc) is 3.13. The highest BCUT2D eigenvalue weighted by Crippen LogP contribution is 2.37. The fraction of sp³-hybridized carbons (Fsp3) is 0.348. The summed E-state index contributed by atoms with van der Waals surface area (Å²) < 4.78 is 48.1. The van der Waals surface area contributed by atoms with E-state index in [0.29, 0.717) is 43.1 Å². The number of aromatic nitrogens is 3. The standard InChI is InChI=1S/C23H21F3N4O2/c1-12-21-16(22(29(2)28-21)13-8-17(24)20(26)18(25)9-13)3-5-30(12)23(31)14-7-15-11-32-6-4-19(15)27-10-14/h7-10,12H,3-6,11H2,1-2H3/t12-/m0/s1. The first kappa shape index (κ1) is 20.7. The molecule has 1 aromatic carbocycles. The van der Waals surface area contributed by atoms with Gasteiger partial charge >= 0.3 is 0 Å². The molecule has 0 saturated heterocycles. The molecule has 1 atom stereocenters. The lowest BCUT2D eigenvalue weighted by molar-refractivity contribution is 0.0672. The molecule has 0 radical (unpaired) electrons. The van der Waals surface area contributed by atoms with E-state index in [0.717, 1.165) is 35.4 Å². The molecule has 166 valence electrons. The van der Waals surface area contributed by atoms with Gasteiger partial charge in [0, 0.05) is 48.6 Å². The van der Waals surface area contributed by atoms with Gasteiger partial charge in [0.2, 0.25) is 0 Å². The Hall–Kier alpha value is -3.20. The second-order valence-electron chi connectivity index (χ2n) is 8.15. The summed E-state index contributed by atoms with van der Waals surface area (Å²) >= 11 is 0. The molecule has 2 aromatic heterocycles. The zero-order valence-corrected chi connectivity index (χ0v) is 17.7. The lowest BCUT2D eigenvalue weighted by Gasteiger charge is -2.33. The van der Waals surface area contributed by atoms with Crippen molar-refractivity contribution in [1.82, 2.24) is 19.7 Å². The zero-order valence-electron chi connectivity index (χ0n) is 17.7. The van der Waals surface area contributed by atoms with E-state index >= 15 is 0 Å². The minimum absolute atomic E-state index is 0.157. The number of amides is 1. The molecule has 0 unspecified atom stereocenters. The Balaban J connectivity index is 1.48. The van der Waals surface area contributed by atoms with Gasteiger partial charge in [-0.05, 0) is 31.5 Å². The highest BCUT2D eigenvalue weighted by molar-refractivity contribution is 5.94. The van der Waals surface area contributed by atoms with Crippen molar-refractivity contribution < 1.29 is 22.7 Å². The van der Waals surface area contributed by atoms with Crippen LogP contribution in [0.4, 0.5) is 13.2 Å². The van der Waals surface area contributed by atoms with Gasteiger partial charge in [0.25, 0.3) is 5.91 Å². The van der Waals surface area contributed by atoms with Crippen molar-refractivity contribution in [2.45, 2.75) is 32.4 Å². The molecule has 0 saturated carbocycles. The second kappa shape index (κ2) is 7.74. The van der Waals surface area contributed by atoms with E-state index in [-0.39, 0.29) is 17.5 Å². The first-order chi connectivity index (χ1) is 15.3. The van der Waals surface area contributed by atoms with Gasteiger partial charge in [0.15, 0.2) is 17.5 Å². The lowest BCUT2D eigenvalue weighted by Crippen LogP contribution is -2.39. The molecule has 0 aliphatic carbocycles. The summed E-state index contributed by atoms with van der Waals surface area (Å²) in [6.07, 6.45) is 2.79. The van der Waals surface area contributed by atoms with Crippen LogP contribution >= 0.6 is 0 Å². The van der Waals surface area contributed by atoms with Crippen LogP contribution in [0.25, 0.3) is 11.3 Å². The molecule has 32 heavy (non-hydrogen) atoms. The van der Waals surface area contributed by atoms with Gasteiger partial charge in [-0.2, -0.15) is 5.10 Å². The molecule has 0 spiro atoms. The lowest BCUT2D eigenvalue weighted by atomic mass is 9.95. The monoisotopic (exact) mass is 442 g/mol. The highest BCUT2D eigenvalue weighted by Gasteiger charge is 2.34. The van der Waals surface area contributed by atoms with Crippen molar-refractivity contribution in [1.29, 1.82) is 0 Å². The number of hydrogen-bond donors (Lipinski definition) is 0. The molecule has 2 aliphatic rings. The van der Waals surface area contributed by atoms with Crippen LogP contribution in [0.3, 0.4) is 0 Å². The minimum Gasteiger partial charge on any atom is -0.376 e. The molecule has 9 heteroatoms. The topological polar surface area (TPSA) is 60.2 Å². The van der Waals surface area contributed by atoms with Crippen LogP contribution in [0, 0.1) is 17.5 Å². The van der Waals surface area contributed by atoms with E-state index in [9.17, 15) is 18.0 Å². The number of nitrogens with zero attached hydrogens (tertiary/aromatic N) is 4. The summed E-state index contributed by atoms with van der Waals surface area (Å²) in [6, 6.07) is 3.42. The Labute approximate surface area is 182 Å². The second-order valence-corrected chi connectivity index (χ2v) is 8.15. The number of ether oxygens (including phenoxy) is 1. The summed E-state index contributed by atoms with van der Waals surface area (Å²) in [7, 11) is 1.67. The predicted molar refractivity (Wildman–Crippen MR) is 109 cm³/mol.